The molecular weight excluding hydrogens is 281 g/mol. The molecule has 1 aromatic carbocycles. The van der Waals surface area contributed by atoms with Crippen LogP contribution in [0.3, 0.4) is 0 Å². The number of halogens is 1. The number of ketones is 1. The number of rotatable bonds is 3. The molecule has 0 radical (unpaired) electrons. The van der Waals surface area contributed by atoms with E-state index in [2.05, 4.69) is 4.98 Å². The summed E-state index contributed by atoms with van der Waals surface area (Å²) in [6.07, 6.45) is 6.62. The highest BCUT2D eigenvalue weighted by atomic mass is 19.1. The molecule has 0 aliphatic carbocycles. The molecule has 2 aromatic rings. The Kier molecular flexibility index (Phi) is 3.59. The van der Waals surface area contributed by atoms with Gasteiger partial charge in [0.1, 0.15) is 11.6 Å². The monoisotopic (exact) mass is 295 g/mol. The lowest BCUT2D eigenvalue weighted by atomic mass is 9.92. The highest BCUT2D eigenvalue weighted by Crippen LogP contribution is 2.35. The van der Waals surface area contributed by atoms with E-state index in [0.29, 0.717) is 11.3 Å². The standard InChI is InChI=1S/C18H14FNO2/c1-18(13-5-7-14(19)8-6-13)17(21)12-16(22-18)10-9-15-4-2-3-11-20-15/h2-12H,1H3/b10-9+. The predicted octanol–water partition coefficient (Wildman–Crippen LogP) is 3.63. The van der Waals surface area contributed by atoms with Gasteiger partial charge in [-0.15, -0.1) is 0 Å². The van der Waals surface area contributed by atoms with Crippen LogP contribution in [0.25, 0.3) is 6.08 Å². The molecule has 3 nitrogen and oxygen atoms in total. The summed E-state index contributed by atoms with van der Waals surface area (Å²) >= 11 is 0. The minimum absolute atomic E-state index is 0.167. The Morgan fingerprint density at radius 1 is 1.14 bits per heavy atom. The Balaban J connectivity index is 1.81. The van der Waals surface area contributed by atoms with Crippen molar-refractivity contribution in [2.75, 3.05) is 0 Å². The van der Waals surface area contributed by atoms with Crippen molar-refractivity contribution in [2.45, 2.75) is 12.5 Å². The molecular formula is C18H14FNO2. The highest BCUT2D eigenvalue weighted by Gasteiger charge is 2.41. The van der Waals surface area contributed by atoms with Crippen LogP contribution in [-0.2, 0) is 15.1 Å². The first-order chi connectivity index (χ1) is 10.6. The van der Waals surface area contributed by atoms with Gasteiger partial charge in [0.05, 0.1) is 5.69 Å². The van der Waals surface area contributed by atoms with E-state index >= 15 is 0 Å². The second-order valence-electron chi connectivity index (χ2n) is 5.14. The average Bonchev–Trinajstić information content (AvgIpc) is 2.83. The van der Waals surface area contributed by atoms with Crippen molar-refractivity contribution in [1.29, 1.82) is 0 Å². The second kappa shape index (κ2) is 5.56. The van der Waals surface area contributed by atoms with Crippen LogP contribution in [0.2, 0.25) is 0 Å². The first-order valence-electron chi connectivity index (χ1n) is 6.88. The summed E-state index contributed by atoms with van der Waals surface area (Å²) < 4.78 is 18.8. The molecule has 3 rings (SSSR count). The lowest BCUT2D eigenvalue weighted by molar-refractivity contribution is -0.129. The van der Waals surface area contributed by atoms with Crippen LogP contribution in [0.4, 0.5) is 4.39 Å². The Morgan fingerprint density at radius 2 is 1.91 bits per heavy atom. The van der Waals surface area contributed by atoms with E-state index in [1.54, 1.807) is 37.4 Å². The van der Waals surface area contributed by atoms with Crippen molar-refractivity contribution in [2.24, 2.45) is 0 Å². The molecule has 0 fully saturated rings. The Bertz CT molecular complexity index is 750. The molecule has 4 heteroatoms. The summed E-state index contributed by atoms with van der Waals surface area (Å²) in [6, 6.07) is 11.3. The SMILES string of the molecule is CC1(c2ccc(F)cc2)OC(/C=C/c2ccccn2)=CC1=O. The van der Waals surface area contributed by atoms with E-state index in [1.807, 2.05) is 18.2 Å². The van der Waals surface area contributed by atoms with Crippen LogP contribution in [0.5, 0.6) is 0 Å². The maximum Gasteiger partial charge on any atom is 0.207 e. The van der Waals surface area contributed by atoms with Gasteiger partial charge in [-0.1, -0.05) is 18.2 Å². The number of hydrogen-bond donors (Lipinski definition) is 0. The first kappa shape index (κ1) is 14.2. The molecule has 22 heavy (non-hydrogen) atoms. The normalized spacial score (nSPS) is 21.0. The lowest BCUT2D eigenvalue weighted by Crippen LogP contribution is -2.29. The molecule has 110 valence electrons. The molecule has 0 saturated heterocycles. The zero-order valence-electron chi connectivity index (χ0n) is 12.0. The van der Waals surface area contributed by atoms with Gasteiger partial charge in [-0.2, -0.15) is 0 Å². The van der Waals surface area contributed by atoms with E-state index in [1.165, 1.54) is 18.2 Å². The van der Waals surface area contributed by atoms with Gasteiger partial charge in [0.15, 0.2) is 5.60 Å². The van der Waals surface area contributed by atoms with E-state index in [4.69, 9.17) is 4.74 Å². The van der Waals surface area contributed by atoms with Crippen molar-refractivity contribution in [1.82, 2.24) is 4.98 Å². The van der Waals surface area contributed by atoms with E-state index in [0.717, 1.165) is 5.69 Å². The Labute approximate surface area is 127 Å². The van der Waals surface area contributed by atoms with Gasteiger partial charge < -0.3 is 4.74 Å². The van der Waals surface area contributed by atoms with Crippen molar-refractivity contribution >= 4 is 11.9 Å². The fraction of sp³-hybridized carbons (Fsp3) is 0.111. The van der Waals surface area contributed by atoms with Crippen LogP contribution < -0.4 is 0 Å². The third kappa shape index (κ3) is 2.68. The van der Waals surface area contributed by atoms with Gasteiger partial charge in [0.2, 0.25) is 5.78 Å². The smallest absolute Gasteiger partial charge is 0.207 e. The number of allylic oxidation sites excluding steroid dienone is 1. The summed E-state index contributed by atoms with van der Waals surface area (Å²) in [7, 11) is 0. The van der Waals surface area contributed by atoms with E-state index < -0.39 is 5.60 Å². The molecule has 0 bridgehead atoms. The summed E-state index contributed by atoms with van der Waals surface area (Å²) in [5, 5.41) is 0. The fourth-order valence-corrected chi connectivity index (χ4v) is 2.28. The zero-order valence-corrected chi connectivity index (χ0v) is 12.0. The third-order valence-corrected chi connectivity index (χ3v) is 3.57. The van der Waals surface area contributed by atoms with Crippen LogP contribution in [0, 0.1) is 5.82 Å². The van der Waals surface area contributed by atoms with Gasteiger partial charge in [-0.05, 0) is 43.3 Å². The van der Waals surface area contributed by atoms with E-state index in [-0.39, 0.29) is 11.6 Å². The molecule has 1 aliphatic rings. The fourth-order valence-electron chi connectivity index (χ4n) is 2.28. The maximum absolute atomic E-state index is 13.0. The van der Waals surface area contributed by atoms with Crippen molar-refractivity contribution < 1.29 is 13.9 Å². The first-order valence-corrected chi connectivity index (χ1v) is 6.88. The molecule has 1 aromatic heterocycles. The van der Waals surface area contributed by atoms with Crippen molar-refractivity contribution in [3.63, 3.8) is 0 Å². The molecule has 1 atom stereocenters. The van der Waals surface area contributed by atoms with Gasteiger partial charge in [0, 0.05) is 17.8 Å². The quantitative estimate of drug-likeness (QED) is 0.868. The van der Waals surface area contributed by atoms with Crippen LogP contribution in [-0.4, -0.2) is 10.8 Å². The molecule has 1 aliphatic heterocycles. The van der Waals surface area contributed by atoms with Crippen molar-refractivity contribution in [3.05, 3.63) is 83.6 Å². The second-order valence-corrected chi connectivity index (χ2v) is 5.14. The summed E-state index contributed by atoms with van der Waals surface area (Å²) in [5.41, 5.74) is 0.281. The number of carbonyl (C=O) groups is 1. The average molecular weight is 295 g/mol. The predicted molar refractivity (Wildman–Crippen MR) is 81.2 cm³/mol. The third-order valence-electron chi connectivity index (χ3n) is 3.57. The molecule has 0 spiro atoms. The van der Waals surface area contributed by atoms with Crippen LogP contribution >= 0.6 is 0 Å². The highest BCUT2D eigenvalue weighted by molar-refractivity contribution is 6.00. The number of pyridine rings is 1. The minimum atomic E-state index is -1.11. The maximum atomic E-state index is 13.0. The number of nitrogens with zero attached hydrogens (tertiary/aromatic N) is 1. The molecule has 2 heterocycles. The summed E-state index contributed by atoms with van der Waals surface area (Å²) in [6.45, 7) is 1.68. The number of benzene rings is 1. The molecule has 0 N–H and O–H groups in total. The van der Waals surface area contributed by atoms with Crippen molar-refractivity contribution in [3.8, 4) is 0 Å². The molecule has 0 saturated carbocycles. The number of carbonyl (C=O) groups excluding carboxylic acids is 1. The van der Waals surface area contributed by atoms with Gasteiger partial charge in [-0.25, -0.2) is 4.39 Å². The number of ether oxygens (including phenoxy) is 1. The topological polar surface area (TPSA) is 39.2 Å². The lowest BCUT2D eigenvalue weighted by Gasteiger charge is -2.23. The zero-order chi connectivity index (χ0) is 15.6. The molecule has 0 amide bonds. The van der Waals surface area contributed by atoms with E-state index in [9.17, 15) is 9.18 Å². The van der Waals surface area contributed by atoms with Gasteiger partial charge >= 0.3 is 0 Å². The minimum Gasteiger partial charge on any atom is -0.475 e. The summed E-state index contributed by atoms with van der Waals surface area (Å²) in [5.74, 6) is -0.0525. The Morgan fingerprint density at radius 3 is 2.59 bits per heavy atom. The number of aromatic nitrogens is 1. The van der Waals surface area contributed by atoms with Gasteiger partial charge in [0.25, 0.3) is 0 Å². The number of hydrogen-bond acceptors (Lipinski definition) is 3. The van der Waals surface area contributed by atoms with Gasteiger partial charge in [-0.3, -0.25) is 9.78 Å². The molecule has 1 unspecified atom stereocenters. The van der Waals surface area contributed by atoms with Crippen LogP contribution in [0.1, 0.15) is 18.2 Å². The largest absolute Gasteiger partial charge is 0.475 e. The Hall–Kier alpha value is -2.75. The van der Waals surface area contributed by atoms with Crippen LogP contribution in [0.15, 0.2) is 66.6 Å². The summed E-state index contributed by atoms with van der Waals surface area (Å²) in [4.78, 5) is 16.4.